The molecule has 0 amide bonds. The maximum atomic E-state index is 5.50. The van der Waals surface area contributed by atoms with Crippen LogP contribution in [0, 0.1) is 0 Å². The van der Waals surface area contributed by atoms with Crippen LogP contribution in [0.4, 0.5) is 0 Å². The molecule has 0 spiro atoms. The van der Waals surface area contributed by atoms with E-state index in [1.165, 1.54) is 11.9 Å². The zero-order valence-corrected chi connectivity index (χ0v) is 7.26. The van der Waals surface area contributed by atoms with Gasteiger partial charge < -0.3 is 5.73 Å². The quantitative estimate of drug-likeness (QED) is 0.246. The summed E-state index contributed by atoms with van der Waals surface area (Å²) in [5.74, 6) is 5.06. The standard InChI is InChI=1S/C4H13N3S2/c1-3(5)8-4(2)9-7-6/h3-4,7H,5-6H2,1-2H3/t3-,4?/m1/s1. The molecular formula is C4H13N3S2. The van der Waals surface area contributed by atoms with E-state index in [2.05, 4.69) is 11.8 Å². The minimum atomic E-state index is 0.181. The lowest BCUT2D eigenvalue weighted by Crippen LogP contribution is -2.18. The zero-order chi connectivity index (χ0) is 7.28. The normalized spacial score (nSPS) is 17.3. The van der Waals surface area contributed by atoms with E-state index in [0.29, 0.717) is 4.58 Å². The number of hydrogen-bond donors (Lipinski definition) is 3. The first kappa shape index (κ1) is 9.58. The van der Waals surface area contributed by atoms with Gasteiger partial charge in [0.05, 0.1) is 4.58 Å². The summed E-state index contributed by atoms with van der Waals surface area (Å²) in [6.07, 6.45) is 0. The molecule has 3 nitrogen and oxygen atoms in total. The zero-order valence-electron chi connectivity index (χ0n) is 5.63. The molecule has 0 heterocycles. The molecule has 5 heteroatoms. The van der Waals surface area contributed by atoms with Crippen molar-refractivity contribution >= 4 is 23.7 Å². The third-order valence-corrected chi connectivity index (χ3v) is 2.54. The van der Waals surface area contributed by atoms with Crippen LogP contribution in [0.1, 0.15) is 13.8 Å². The molecule has 0 aromatic carbocycles. The molecule has 5 N–H and O–H groups in total. The molecule has 0 saturated heterocycles. The van der Waals surface area contributed by atoms with Crippen molar-refractivity contribution in [3.8, 4) is 0 Å². The number of rotatable bonds is 4. The molecule has 0 aromatic heterocycles. The van der Waals surface area contributed by atoms with E-state index < -0.39 is 0 Å². The van der Waals surface area contributed by atoms with E-state index in [4.69, 9.17) is 11.6 Å². The van der Waals surface area contributed by atoms with Crippen LogP contribution in [0.15, 0.2) is 0 Å². The van der Waals surface area contributed by atoms with Crippen molar-refractivity contribution in [1.82, 2.24) is 4.83 Å². The molecule has 0 saturated carbocycles. The van der Waals surface area contributed by atoms with Crippen LogP contribution in [0.5, 0.6) is 0 Å². The largest absolute Gasteiger partial charge is 0.320 e. The van der Waals surface area contributed by atoms with Crippen LogP contribution in [-0.2, 0) is 0 Å². The molecule has 0 aliphatic heterocycles. The van der Waals surface area contributed by atoms with Crippen LogP contribution in [0.2, 0.25) is 0 Å². The first-order valence-corrected chi connectivity index (χ1v) is 4.51. The number of thioether (sulfide) groups is 1. The Morgan fingerprint density at radius 1 is 1.44 bits per heavy atom. The Kier molecular flexibility index (Phi) is 5.72. The van der Waals surface area contributed by atoms with E-state index in [1.807, 2.05) is 6.92 Å². The fraction of sp³-hybridized carbons (Fsp3) is 1.00. The predicted molar refractivity (Wildman–Crippen MR) is 45.6 cm³/mol. The first-order valence-electron chi connectivity index (χ1n) is 2.69. The predicted octanol–water partition coefficient (Wildman–Crippen LogP) is 0.482. The van der Waals surface area contributed by atoms with Crippen molar-refractivity contribution in [1.29, 1.82) is 0 Å². The average Bonchev–Trinajstić information content (AvgIpc) is 1.63. The Balaban J connectivity index is 3.15. The van der Waals surface area contributed by atoms with Crippen LogP contribution in [-0.4, -0.2) is 9.96 Å². The molecule has 0 rings (SSSR count). The van der Waals surface area contributed by atoms with E-state index in [9.17, 15) is 0 Å². The highest BCUT2D eigenvalue weighted by Crippen LogP contribution is 2.21. The second-order valence-corrected chi connectivity index (χ2v) is 4.84. The smallest absolute Gasteiger partial charge is 0.0646 e. The van der Waals surface area contributed by atoms with Crippen LogP contribution in [0.3, 0.4) is 0 Å². The van der Waals surface area contributed by atoms with Crippen LogP contribution >= 0.6 is 23.7 Å². The summed E-state index contributed by atoms with van der Waals surface area (Å²) in [5, 5.41) is 0.181. The van der Waals surface area contributed by atoms with E-state index in [-0.39, 0.29) is 5.37 Å². The summed E-state index contributed by atoms with van der Waals surface area (Å²) in [6, 6.07) is 0. The van der Waals surface area contributed by atoms with Gasteiger partial charge >= 0.3 is 0 Å². The molecule has 9 heavy (non-hydrogen) atoms. The van der Waals surface area contributed by atoms with Crippen LogP contribution in [0.25, 0.3) is 0 Å². The summed E-state index contributed by atoms with van der Waals surface area (Å²) in [4.78, 5) is 2.51. The fourth-order valence-corrected chi connectivity index (χ4v) is 2.14. The summed E-state index contributed by atoms with van der Waals surface area (Å²) in [7, 11) is 0. The highest BCUT2D eigenvalue weighted by Gasteiger charge is 2.03. The number of hydrazine groups is 1. The number of nitrogens with two attached hydrogens (primary N) is 2. The van der Waals surface area contributed by atoms with E-state index in [1.54, 1.807) is 11.8 Å². The lowest BCUT2D eigenvalue weighted by molar-refractivity contribution is 1.04. The fourth-order valence-electron chi connectivity index (χ4n) is 0.426. The van der Waals surface area contributed by atoms with Gasteiger partial charge in [0.15, 0.2) is 0 Å². The van der Waals surface area contributed by atoms with Gasteiger partial charge in [-0.1, -0.05) is 11.9 Å². The average molecular weight is 167 g/mol. The van der Waals surface area contributed by atoms with Crippen molar-refractivity contribution in [2.45, 2.75) is 23.8 Å². The molecule has 1 unspecified atom stereocenters. The number of nitrogens with one attached hydrogen (secondary N) is 1. The summed E-state index contributed by atoms with van der Waals surface area (Å²) < 4.78 is 0.412. The third kappa shape index (κ3) is 6.47. The highest BCUT2D eigenvalue weighted by molar-refractivity contribution is 8.16. The lowest BCUT2D eigenvalue weighted by Gasteiger charge is -2.10. The topological polar surface area (TPSA) is 64.1 Å². The summed E-state index contributed by atoms with van der Waals surface area (Å²) in [6.45, 7) is 4.01. The Bertz CT molecular complexity index is 68.8. The Morgan fingerprint density at radius 3 is 2.33 bits per heavy atom. The van der Waals surface area contributed by atoms with Crippen molar-refractivity contribution < 1.29 is 0 Å². The van der Waals surface area contributed by atoms with Crippen molar-refractivity contribution in [3.63, 3.8) is 0 Å². The van der Waals surface area contributed by atoms with Crippen LogP contribution < -0.4 is 16.4 Å². The maximum absolute atomic E-state index is 5.50. The molecule has 0 aromatic rings. The van der Waals surface area contributed by atoms with E-state index >= 15 is 0 Å². The minimum Gasteiger partial charge on any atom is -0.320 e. The molecule has 0 fully saturated rings. The summed E-state index contributed by atoms with van der Waals surface area (Å²) in [5.41, 5.74) is 5.50. The molecule has 0 aliphatic carbocycles. The molecule has 2 atom stereocenters. The monoisotopic (exact) mass is 167 g/mol. The Hall–Kier alpha value is 0.580. The SMILES string of the molecule is CC(SNN)S[C@H](C)N. The minimum absolute atomic E-state index is 0.181. The van der Waals surface area contributed by atoms with Gasteiger partial charge in [-0.05, 0) is 13.8 Å². The highest BCUT2D eigenvalue weighted by atomic mass is 32.2. The van der Waals surface area contributed by atoms with E-state index in [0.717, 1.165) is 0 Å². The van der Waals surface area contributed by atoms with Gasteiger partial charge in [-0.2, -0.15) is 0 Å². The first-order chi connectivity index (χ1) is 4.16. The molecule has 56 valence electrons. The third-order valence-electron chi connectivity index (χ3n) is 0.640. The lowest BCUT2D eigenvalue weighted by atomic mass is 10.8. The second-order valence-electron chi connectivity index (χ2n) is 1.64. The molecular weight excluding hydrogens is 154 g/mol. The second kappa shape index (κ2) is 5.37. The Labute approximate surface area is 64.4 Å². The van der Waals surface area contributed by atoms with Crippen molar-refractivity contribution in [2.75, 3.05) is 0 Å². The number of hydrogen-bond acceptors (Lipinski definition) is 5. The van der Waals surface area contributed by atoms with Gasteiger partial charge in [0.2, 0.25) is 0 Å². The van der Waals surface area contributed by atoms with Gasteiger partial charge in [-0.15, -0.1) is 11.8 Å². The molecule has 0 aliphatic rings. The van der Waals surface area contributed by atoms with Gasteiger partial charge in [0, 0.05) is 5.37 Å². The molecule has 0 bridgehead atoms. The van der Waals surface area contributed by atoms with Crippen molar-refractivity contribution in [2.24, 2.45) is 11.6 Å². The van der Waals surface area contributed by atoms with Crippen molar-refractivity contribution in [3.05, 3.63) is 0 Å². The van der Waals surface area contributed by atoms with Gasteiger partial charge in [-0.25, -0.2) is 4.83 Å². The maximum Gasteiger partial charge on any atom is 0.0646 e. The Morgan fingerprint density at radius 2 is 2.00 bits per heavy atom. The van der Waals surface area contributed by atoms with Gasteiger partial charge in [0.1, 0.15) is 0 Å². The van der Waals surface area contributed by atoms with Gasteiger partial charge in [-0.3, -0.25) is 5.84 Å². The summed E-state index contributed by atoms with van der Waals surface area (Å²) >= 11 is 3.15. The van der Waals surface area contributed by atoms with Gasteiger partial charge in [0.25, 0.3) is 0 Å². The molecule has 0 radical (unpaired) electrons.